The Labute approximate surface area is 104 Å². The van der Waals surface area contributed by atoms with Crippen LogP contribution in [0, 0.1) is 5.92 Å². The fourth-order valence-corrected chi connectivity index (χ4v) is 2.06. The lowest BCUT2D eigenvalue weighted by atomic mass is 9.97. The summed E-state index contributed by atoms with van der Waals surface area (Å²) in [6.07, 6.45) is 2.85. The maximum absolute atomic E-state index is 11.9. The van der Waals surface area contributed by atoms with Crippen LogP contribution in [-0.2, 0) is 19.0 Å². The zero-order valence-electron chi connectivity index (χ0n) is 11.3. The second-order valence-corrected chi connectivity index (χ2v) is 4.75. The van der Waals surface area contributed by atoms with Gasteiger partial charge in [-0.3, -0.25) is 4.79 Å². The molecule has 0 aliphatic carbocycles. The van der Waals surface area contributed by atoms with Crippen LogP contribution < -0.4 is 0 Å². The van der Waals surface area contributed by atoms with Gasteiger partial charge in [0.25, 0.3) is 0 Å². The molecule has 1 heterocycles. The number of carbonyl (C=O) groups is 1. The van der Waals surface area contributed by atoms with E-state index in [0.29, 0.717) is 0 Å². The van der Waals surface area contributed by atoms with Crippen LogP contribution in [0.4, 0.5) is 0 Å². The van der Waals surface area contributed by atoms with Gasteiger partial charge in [0.05, 0.1) is 24.2 Å². The Morgan fingerprint density at radius 1 is 1.35 bits per heavy atom. The molecule has 0 aromatic rings. The molecule has 0 spiro atoms. The molecule has 0 saturated carbocycles. The first kappa shape index (κ1) is 14.5. The van der Waals surface area contributed by atoms with E-state index in [0.717, 1.165) is 19.3 Å². The SMILES string of the molecule is CCC1CC(C(=O)OCOC(C)C)C(CC)O1. The number of esters is 1. The van der Waals surface area contributed by atoms with E-state index in [2.05, 4.69) is 6.92 Å². The van der Waals surface area contributed by atoms with Crippen molar-refractivity contribution in [3.8, 4) is 0 Å². The number of rotatable bonds is 6. The van der Waals surface area contributed by atoms with Crippen LogP contribution >= 0.6 is 0 Å². The molecule has 3 atom stereocenters. The highest BCUT2D eigenvalue weighted by atomic mass is 16.7. The minimum absolute atomic E-state index is 0.00602. The van der Waals surface area contributed by atoms with Gasteiger partial charge in [0.15, 0.2) is 6.79 Å². The predicted octanol–water partition coefficient (Wildman–Crippen LogP) is 2.51. The molecule has 0 amide bonds. The molecule has 1 aliphatic heterocycles. The van der Waals surface area contributed by atoms with Gasteiger partial charge in [-0.25, -0.2) is 0 Å². The smallest absolute Gasteiger partial charge is 0.313 e. The molecule has 1 aliphatic rings. The standard InChI is InChI=1S/C13H24O4/c1-5-10-7-11(12(6-2)17-10)13(14)16-8-15-9(3)4/h9-12H,5-8H2,1-4H3. The Kier molecular flexibility index (Phi) is 5.92. The average Bonchev–Trinajstić information content (AvgIpc) is 2.71. The zero-order valence-corrected chi connectivity index (χ0v) is 11.3. The molecule has 0 radical (unpaired) electrons. The molecule has 4 heteroatoms. The molecule has 3 unspecified atom stereocenters. The van der Waals surface area contributed by atoms with E-state index in [9.17, 15) is 4.79 Å². The fourth-order valence-electron chi connectivity index (χ4n) is 2.06. The molecule has 0 bridgehead atoms. The van der Waals surface area contributed by atoms with E-state index in [4.69, 9.17) is 14.2 Å². The van der Waals surface area contributed by atoms with Gasteiger partial charge in [0.1, 0.15) is 0 Å². The van der Waals surface area contributed by atoms with Crippen molar-refractivity contribution in [3.05, 3.63) is 0 Å². The number of hydrogen-bond donors (Lipinski definition) is 0. The normalized spacial score (nSPS) is 28.6. The minimum Gasteiger partial charge on any atom is -0.438 e. The summed E-state index contributed by atoms with van der Waals surface area (Å²) >= 11 is 0. The van der Waals surface area contributed by atoms with Gasteiger partial charge in [0.2, 0.25) is 0 Å². The van der Waals surface area contributed by atoms with Gasteiger partial charge < -0.3 is 14.2 Å². The first-order chi connectivity index (χ1) is 8.08. The van der Waals surface area contributed by atoms with Crippen molar-refractivity contribution < 1.29 is 19.0 Å². The summed E-state index contributed by atoms with van der Waals surface area (Å²) in [5.74, 6) is -0.311. The van der Waals surface area contributed by atoms with Crippen LogP contribution in [0.25, 0.3) is 0 Å². The maximum Gasteiger partial charge on any atom is 0.313 e. The molecule has 1 saturated heterocycles. The van der Waals surface area contributed by atoms with Crippen molar-refractivity contribution in [2.45, 2.75) is 65.3 Å². The fraction of sp³-hybridized carbons (Fsp3) is 0.923. The van der Waals surface area contributed by atoms with Gasteiger partial charge in [-0.1, -0.05) is 13.8 Å². The van der Waals surface area contributed by atoms with E-state index in [-0.39, 0.29) is 37.0 Å². The van der Waals surface area contributed by atoms with Gasteiger partial charge in [-0.15, -0.1) is 0 Å². The molecule has 100 valence electrons. The van der Waals surface area contributed by atoms with Gasteiger partial charge in [0, 0.05) is 0 Å². The quantitative estimate of drug-likeness (QED) is 0.532. The number of hydrogen-bond acceptors (Lipinski definition) is 4. The average molecular weight is 244 g/mol. The van der Waals surface area contributed by atoms with Crippen molar-refractivity contribution in [3.63, 3.8) is 0 Å². The largest absolute Gasteiger partial charge is 0.438 e. The highest BCUT2D eigenvalue weighted by Gasteiger charge is 2.38. The summed E-state index contributed by atoms with van der Waals surface area (Å²) in [7, 11) is 0. The van der Waals surface area contributed by atoms with Crippen LogP contribution in [0.1, 0.15) is 47.0 Å². The molecule has 0 N–H and O–H groups in total. The highest BCUT2D eigenvalue weighted by molar-refractivity contribution is 5.73. The molecule has 0 aromatic heterocycles. The molecule has 4 nitrogen and oxygen atoms in total. The molecule has 17 heavy (non-hydrogen) atoms. The van der Waals surface area contributed by atoms with Crippen LogP contribution in [0.5, 0.6) is 0 Å². The lowest BCUT2D eigenvalue weighted by molar-refractivity contribution is -0.166. The second-order valence-electron chi connectivity index (χ2n) is 4.75. The lowest BCUT2D eigenvalue weighted by Crippen LogP contribution is -2.26. The third-order valence-electron chi connectivity index (χ3n) is 3.10. The Balaban J connectivity index is 2.39. The number of carbonyl (C=O) groups excluding carboxylic acids is 1. The van der Waals surface area contributed by atoms with Crippen molar-refractivity contribution in [1.82, 2.24) is 0 Å². The minimum atomic E-state index is -0.187. The highest BCUT2D eigenvalue weighted by Crippen LogP contribution is 2.31. The first-order valence-corrected chi connectivity index (χ1v) is 6.52. The third-order valence-corrected chi connectivity index (χ3v) is 3.10. The summed E-state index contributed by atoms with van der Waals surface area (Å²) < 4.78 is 16.1. The summed E-state index contributed by atoms with van der Waals surface area (Å²) in [6, 6.07) is 0. The second kappa shape index (κ2) is 6.97. The maximum atomic E-state index is 11.9. The van der Waals surface area contributed by atoms with Gasteiger partial charge >= 0.3 is 5.97 Å². The summed E-state index contributed by atoms with van der Waals surface area (Å²) in [6.45, 7) is 7.98. The van der Waals surface area contributed by atoms with E-state index >= 15 is 0 Å². The molecule has 0 aromatic carbocycles. The van der Waals surface area contributed by atoms with Crippen LogP contribution in [0.2, 0.25) is 0 Å². The van der Waals surface area contributed by atoms with Crippen LogP contribution in [0.15, 0.2) is 0 Å². The monoisotopic (exact) mass is 244 g/mol. The van der Waals surface area contributed by atoms with E-state index < -0.39 is 0 Å². The Bertz CT molecular complexity index is 240. The molecular weight excluding hydrogens is 220 g/mol. The summed E-state index contributed by atoms with van der Waals surface area (Å²) in [5.41, 5.74) is 0. The van der Waals surface area contributed by atoms with Crippen molar-refractivity contribution in [1.29, 1.82) is 0 Å². The Hall–Kier alpha value is -0.610. The molecule has 1 fully saturated rings. The summed E-state index contributed by atoms with van der Waals surface area (Å²) in [5, 5.41) is 0. The van der Waals surface area contributed by atoms with Crippen molar-refractivity contribution >= 4 is 5.97 Å². The lowest BCUT2D eigenvalue weighted by Gasteiger charge is -2.16. The number of ether oxygens (including phenoxy) is 3. The van der Waals surface area contributed by atoms with Gasteiger partial charge in [-0.2, -0.15) is 0 Å². The van der Waals surface area contributed by atoms with Crippen LogP contribution in [0.3, 0.4) is 0 Å². The topological polar surface area (TPSA) is 44.8 Å². The third kappa shape index (κ3) is 4.28. The van der Waals surface area contributed by atoms with E-state index in [1.54, 1.807) is 0 Å². The van der Waals surface area contributed by atoms with E-state index in [1.165, 1.54) is 0 Å². The van der Waals surface area contributed by atoms with Crippen molar-refractivity contribution in [2.24, 2.45) is 5.92 Å². The van der Waals surface area contributed by atoms with Gasteiger partial charge in [-0.05, 0) is 33.1 Å². The molecule has 1 rings (SSSR count). The van der Waals surface area contributed by atoms with Crippen molar-refractivity contribution in [2.75, 3.05) is 6.79 Å². The zero-order chi connectivity index (χ0) is 12.8. The first-order valence-electron chi connectivity index (χ1n) is 6.52. The van der Waals surface area contributed by atoms with E-state index in [1.807, 2.05) is 20.8 Å². The Morgan fingerprint density at radius 3 is 2.59 bits per heavy atom. The predicted molar refractivity (Wildman–Crippen MR) is 64.5 cm³/mol. The Morgan fingerprint density at radius 2 is 2.06 bits per heavy atom. The molecular formula is C13H24O4. The van der Waals surface area contributed by atoms with Crippen LogP contribution in [-0.4, -0.2) is 31.1 Å². The summed E-state index contributed by atoms with van der Waals surface area (Å²) in [4.78, 5) is 11.9.